The molecule has 0 amide bonds. The second kappa shape index (κ2) is 11.9. The number of rotatable bonds is 4. The first-order chi connectivity index (χ1) is 18.4. The Kier molecular flexibility index (Phi) is 8.62. The molecule has 0 atom stereocenters. The van der Waals surface area contributed by atoms with Gasteiger partial charge in [-0.25, -0.2) is 0 Å². The van der Waals surface area contributed by atoms with Crippen LogP contribution in [0.4, 0.5) is 0 Å². The summed E-state index contributed by atoms with van der Waals surface area (Å²) in [5, 5.41) is 0. The molecule has 198 valence electrons. The second-order valence-corrected chi connectivity index (χ2v) is 9.23. The number of hydrogen-bond donors (Lipinski definition) is 0. The molecule has 1 aliphatic rings. The van der Waals surface area contributed by atoms with Crippen molar-refractivity contribution < 1.29 is 21.1 Å². The summed E-state index contributed by atoms with van der Waals surface area (Å²) in [4.78, 5) is 9.21. The van der Waals surface area contributed by atoms with Gasteiger partial charge in [0.25, 0.3) is 0 Å². The van der Waals surface area contributed by atoms with Crippen LogP contribution >= 0.6 is 0 Å². The Morgan fingerprint density at radius 1 is 0.450 bits per heavy atom. The zero-order valence-corrected chi connectivity index (χ0v) is 22.7. The number of aromatic nitrogens is 2. The van der Waals surface area contributed by atoms with Crippen molar-refractivity contribution in [2.45, 2.75) is 20.3 Å². The van der Waals surface area contributed by atoms with Crippen molar-refractivity contribution in [3.8, 4) is 33.6 Å². The predicted octanol–water partition coefficient (Wildman–Crippen LogP) is 9.04. The van der Waals surface area contributed by atoms with Crippen LogP contribution < -0.4 is 0 Å². The molecule has 0 saturated carbocycles. The number of nitrogens with zero attached hydrogens (tertiary/aromatic N) is 2. The smallest absolute Gasteiger partial charge is 0.305 e. The quantitative estimate of drug-likeness (QED) is 0.172. The average molecular weight is 698 g/mol. The second-order valence-electron chi connectivity index (χ2n) is 9.23. The zero-order valence-electron chi connectivity index (χ0n) is 20.4. The van der Waals surface area contributed by atoms with Gasteiger partial charge in [0.05, 0.1) is 0 Å². The van der Waals surface area contributed by atoms with Crippen LogP contribution in [0.15, 0.2) is 134 Å². The van der Waals surface area contributed by atoms with E-state index in [4.69, 9.17) is 0 Å². The Labute approximate surface area is 252 Å². The van der Waals surface area contributed by atoms with Gasteiger partial charge in [-0.05, 0) is 45.8 Å². The van der Waals surface area contributed by atoms with E-state index in [1.165, 1.54) is 22.3 Å². The van der Waals surface area contributed by atoms with Crippen LogP contribution in [0.3, 0.4) is 0 Å². The van der Waals surface area contributed by atoms with Gasteiger partial charge in [0.2, 0.25) is 0 Å². The largest absolute Gasteiger partial charge is 2.00 e. The first kappa shape index (κ1) is 28.9. The summed E-state index contributed by atoms with van der Waals surface area (Å²) in [6, 6.07) is 49.8. The van der Waals surface area contributed by atoms with E-state index in [-0.39, 0.29) is 35.9 Å². The Bertz CT molecular complexity index is 1600. The molecule has 0 spiro atoms. The van der Waals surface area contributed by atoms with Gasteiger partial charge in [-0.3, -0.25) is 0 Å². The summed E-state index contributed by atoms with van der Waals surface area (Å²) in [7, 11) is 0. The van der Waals surface area contributed by atoms with Crippen LogP contribution in [-0.2, 0) is 26.5 Å². The summed E-state index contributed by atoms with van der Waals surface area (Å²) < 4.78 is 0. The standard InChI is InChI=1S/C35H22N2.2CH4.Pt/c1-3-17-31-29(15-1)30-16-2-4-18-32(30)35(31,27-13-9-11-25(23-27)33-19-5-7-21-36-33)28-14-10-12-26(24-28)34-20-6-8-22-37-34;;;/h1-22H;2*1H4;/q-2;;;+2. The molecule has 4 aromatic carbocycles. The van der Waals surface area contributed by atoms with E-state index >= 15 is 0 Å². The molecule has 0 radical (unpaired) electrons. The number of benzene rings is 4. The van der Waals surface area contributed by atoms with E-state index < -0.39 is 5.41 Å². The fraction of sp³-hybridized carbons (Fsp3) is 0.0811. The molecule has 0 saturated heterocycles. The first-order valence-corrected chi connectivity index (χ1v) is 12.4. The van der Waals surface area contributed by atoms with Crippen molar-refractivity contribution in [2.24, 2.45) is 0 Å². The van der Waals surface area contributed by atoms with Gasteiger partial charge >= 0.3 is 21.1 Å². The number of pyridine rings is 2. The van der Waals surface area contributed by atoms with Crippen LogP contribution in [0.1, 0.15) is 37.1 Å². The Morgan fingerprint density at radius 3 is 1.30 bits per heavy atom. The van der Waals surface area contributed by atoms with Crippen LogP contribution in [0.2, 0.25) is 0 Å². The summed E-state index contributed by atoms with van der Waals surface area (Å²) in [5.41, 5.74) is 10.3. The third kappa shape index (κ3) is 4.53. The van der Waals surface area contributed by atoms with Crippen molar-refractivity contribution in [1.82, 2.24) is 9.97 Å². The monoisotopic (exact) mass is 697 g/mol. The molecular weight excluding hydrogens is 667 g/mol. The van der Waals surface area contributed by atoms with Crippen molar-refractivity contribution in [2.75, 3.05) is 0 Å². The minimum Gasteiger partial charge on any atom is -0.305 e. The molecule has 7 rings (SSSR count). The van der Waals surface area contributed by atoms with Gasteiger partial charge in [-0.2, -0.15) is 0 Å². The van der Waals surface area contributed by atoms with E-state index in [2.05, 4.69) is 107 Å². The molecule has 40 heavy (non-hydrogen) atoms. The predicted molar refractivity (Wildman–Crippen MR) is 161 cm³/mol. The van der Waals surface area contributed by atoms with E-state index in [0.717, 1.165) is 33.6 Å². The van der Waals surface area contributed by atoms with Crippen molar-refractivity contribution in [3.63, 3.8) is 0 Å². The molecule has 2 heterocycles. The summed E-state index contributed by atoms with van der Waals surface area (Å²) >= 11 is 0. The Balaban J connectivity index is 0.00000123. The third-order valence-corrected chi connectivity index (χ3v) is 7.23. The first-order valence-electron chi connectivity index (χ1n) is 12.4. The van der Waals surface area contributed by atoms with E-state index in [0.29, 0.717) is 0 Å². The molecular formula is C37H30N2Pt. The van der Waals surface area contributed by atoms with Gasteiger partial charge in [0, 0.05) is 17.8 Å². The fourth-order valence-electron chi connectivity index (χ4n) is 5.68. The molecule has 1 aliphatic carbocycles. The van der Waals surface area contributed by atoms with Crippen LogP contribution in [0.5, 0.6) is 0 Å². The molecule has 0 aliphatic heterocycles. The van der Waals surface area contributed by atoms with Gasteiger partial charge in [0.1, 0.15) is 0 Å². The van der Waals surface area contributed by atoms with Crippen LogP contribution in [0, 0.1) is 12.1 Å². The number of fused-ring (bicyclic) bond motifs is 3. The van der Waals surface area contributed by atoms with Gasteiger partial charge < -0.3 is 9.97 Å². The molecule has 2 nitrogen and oxygen atoms in total. The van der Waals surface area contributed by atoms with Gasteiger partial charge in [-0.15, -0.1) is 70.8 Å². The van der Waals surface area contributed by atoms with Crippen molar-refractivity contribution in [1.29, 1.82) is 0 Å². The van der Waals surface area contributed by atoms with Crippen molar-refractivity contribution >= 4 is 0 Å². The SMILES string of the molecule is C.C.[Pt+2].[c-]1c(-c2ccccn2)cccc1C1(c2[c-]c(-c3ccccn3)ccc2)c2ccccc2-c2ccccc21. The minimum absolute atomic E-state index is 0. The molecule has 2 aromatic heterocycles. The fourth-order valence-corrected chi connectivity index (χ4v) is 5.68. The summed E-state index contributed by atoms with van der Waals surface area (Å²) in [5.74, 6) is 0. The maximum Gasteiger partial charge on any atom is 2.00 e. The molecule has 0 fully saturated rings. The van der Waals surface area contributed by atoms with Gasteiger partial charge in [0.15, 0.2) is 0 Å². The summed E-state index contributed by atoms with van der Waals surface area (Å²) in [6.45, 7) is 0. The summed E-state index contributed by atoms with van der Waals surface area (Å²) in [6.07, 6.45) is 3.66. The van der Waals surface area contributed by atoms with Crippen molar-refractivity contribution in [3.05, 3.63) is 168 Å². The number of hydrogen-bond acceptors (Lipinski definition) is 2. The van der Waals surface area contributed by atoms with Crippen LogP contribution in [-0.4, -0.2) is 9.97 Å². The molecule has 6 aromatic rings. The topological polar surface area (TPSA) is 25.8 Å². The van der Waals surface area contributed by atoms with E-state index in [1.54, 1.807) is 0 Å². The van der Waals surface area contributed by atoms with E-state index in [1.807, 2.05) is 48.8 Å². The zero-order chi connectivity index (χ0) is 24.7. The normalized spacial score (nSPS) is 12.1. The molecule has 0 bridgehead atoms. The minimum atomic E-state index is -0.581. The maximum absolute atomic E-state index is 4.61. The molecule has 0 N–H and O–H groups in total. The average Bonchev–Trinajstić information content (AvgIpc) is 3.30. The molecule has 3 heteroatoms. The van der Waals surface area contributed by atoms with E-state index in [9.17, 15) is 0 Å². The van der Waals surface area contributed by atoms with Crippen LogP contribution in [0.25, 0.3) is 33.6 Å². The molecule has 0 unspecified atom stereocenters. The Morgan fingerprint density at radius 2 is 0.875 bits per heavy atom. The third-order valence-electron chi connectivity index (χ3n) is 7.23. The Hall–Kier alpha value is -4.13. The maximum atomic E-state index is 4.61. The van der Waals surface area contributed by atoms with Gasteiger partial charge in [-0.1, -0.05) is 87.6 Å².